The lowest BCUT2D eigenvalue weighted by Gasteiger charge is -2.22. The van der Waals surface area contributed by atoms with Crippen LogP contribution >= 0.6 is 0 Å². The fourth-order valence-corrected chi connectivity index (χ4v) is 14.2. The minimum absolute atomic E-state index is 0.0937. The normalized spacial score (nSPS) is 14.0. The van der Waals surface area contributed by atoms with Gasteiger partial charge in [0.15, 0.2) is 5.82 Å². The average molecular weight is 1010 g/mol. The molecule has 5 nitrogen and oxygen atoms in total. The third-order valence-electron chi connectivity index (χ3n) is 18.1. The maximum Gasteiger partial charge on any atom is 0.156 e. The van der Waals surface area contributed by atoms with Crippen molar-refractivity contribution >= 4 is 76.5 Å². The molecule has 0 bridgehead atoms. The highest BCUT2D eigenvalue weighted by Crippen LogP contribution is 2.52. The molecule has 11 aromatic carbocycles. The van der Waals surface area contributed by atoms with E-state index in [1.807, 2.05) is 30.5 Å². The molecule has 0 aliphatic heterocycles. The summed E-state index contributed by atoms with van der Waals surface area (Å²) in [6, 6.07) is 85.8. The number of nitrogens with zero attached hydrogens (tertiary/aromatic N) is 5. The van der Waals surface area contributed by atoms with E-state index in [9.17, 15) is 0 Å². The number of hydrogen-bond donors (Lipinski definition) is 0. The van der Waals surface area contributed by atoms with Crippen LogP contribution in [0.15, 0.2) is 237 Å². The molecule has 0 saturated heterocycles. The summed E-state index contributed by atoms with van der Waals surface area (Å²) >= 11 is 0. The summed E-state index contributed by atoms with van der Waals surface area (Å²) in [6.07, 6.45) is 1.90. The third-order valence-corrected chi connectivity index (χ3v) is 18.1. The molecule has 2 aliphatic rings. The van der Waals surface area contributed by atoms with Gasteiger partial charge in [-0.25, -0.2) is 4.98 Å². The van der Waals surface area contributed by atoms with E-state index in [1.165, 1.54) is 127 Å². The van der Waals surface area contributed by atoms with Crippen LogP contribution in [-0.2, 0) is 10.8 Å². The molecule has 372 valence electrons. The van der Waals surface area contributed by atoms with Gasteiger partial charge in [0.2, 0.25) is 0 Å². The Balaban J connectivity index is 0.838. The summed E-state index contributed by atoms with van der Waals surface area (Å²) in [4.78, 5) is 9.94. The molecular weight excluding hydrogens is 959 g/mol. The number of fused-ring (bicyclic) bond motifs is 16. The fourth-order valence-electron chi connectivity index (χ4n) is 14.2. The summed E-state index contributed by atoms with van der Waals surface area (Å²) in [6.45, 7) is 9.47. The maximum atomic E-state index is 5.11. The predicted molar refractivity (Wildman–Crippen MR) is 329 cm³/mol. The molecule has 2 aliphatic carbocycles. The van der Waals surface area contributed by atoms with Gasteiger partial charge in [-0.05, 0) is 164 Å². The Kier molecular flexibility index (Phi) is 8.90. The molecule has 0 unspecified atom stereocenters. The fraction of sp³-hybridized carbons (Fsp3) is 0.0811. The van der Waals surface area contributed by atoms with Crippen LogP contribution < -0.4 is 0 Å². The van der Waals surface area contributed by atoms with Gasteiger partial charge in [0.25, 0.3) is 0 Å². The first-order chi connectivity index (χ1) is 38.7. The standard InChI is InChI=1S/C74H51N5/c1-73(2)60-19-9-5-15-50(60)52-31-29-48(41-62(52)73)77-66-23-13-7-17-54(66)56-37-44(25-33-68(56)77)46-26-34-69-58(39-46)59-40-47(27-35-70(59)78(69)49-30-32-53-51-16-6-10-20-61(51)74(3,4)63(53)42-49)45-28-36-71-57(38-45)55-18-8-14-24-67(55)79(71)72-43-75-64-21-11-12-22-65(64)76-72/h5-43H,1-4H3. The summed E-state index contributed by atoms with van der Waals surface area (Å²) < 4.78 is 7.21. The van der Waals surface area contributed by atoms with Gasteiger partial charge >= 0.3 is 0 Å². The van der Waals surface area contributed by atoms with Gasteiger partial charge in [-0.1, -0.05) is 161 Å². The van der Waals surface area contributed by atoms with Crippen molar-refractivity contribution < 1.29 is 0 Å². The lowest BCUT2D eigenvalue weighted by molar-refractivity contribution is 0.660. The predicted octanol–water partition coefficient (Wildman–Crippen LogP) is 18.9. The lowest BCUT2D eigenvalue weighted by atomic mass is 9.82. The highest BCUT2D eigenvalue weighted by molar-refractivity contribution is 6.15. The molecule has 4 heterocycles. The molecule has 17 rings (SSSR count). The van der Waals surface area contributed by atoms with Gasteiger partial charge in [0, 0.05) is 54.5 Å². The first-order valence-electron chi connectivity index (χ1n) is 27.5. The zero-order valence-corrected chi connectivity index (χ0v) is 44.3. The van der Waals surface area contributed by atoms with Crippen molar-refractivity contribution in [3.05, 3.63) is 259 Å². The Morgan fingerprint density at radius 2 is 0.658 bits per heavy atom. The van der Waals surface area contributed by atoms with Crippen molar-refractivity contribution in [2.45, 2.75) is 38.5 Å². The number of benzene rings is 11. The van der Waals surface area contributed by atoms with Crippen molar-refractivity contribution in [2.75, 3.05) is 0 Å². The molecule has 4 aromatic heterocycles. The highest BCUT2D eigenvalue weighted by Gasteiger charge is 2.37. The van der Waals surface area contributed by atoms with Gasteiger partial charge in [-0.2, -0.15) is 0 Å². The van der Waals surface area contributed by atoms with E-state index < -0.39 is 0 Å². The number of rotatable bonds is 5. The number of hydrogen-bond acceptors (Lipinski definition) is 2. The van der Waals surface area contributed by atoms with E-state index in [-0.39, 0.29) is 10.8 Å². The Bertz CT molecular complexity index is 5150. The van der Waals surface area contributed by atoms with Gasteiger partial charge in [0.05, 0.1) is 50.3 Å². The zero-order chi connectivity index (χ0) is 52.5. The van der Waals surface area contributed by atoms with E-state index in [0.29, 0.717) is 0 Å². The van der Waals surface area contributed by atoms with E-state index in [0.717, 1.165) is 33.4 Å². The molecule has 15 aromatic rings. The SMILES string of the molecule is CC1(C)c2ccccc2-c2ccc(-n3c4ccccc4c4cc(-c5ccc6c(c5)c5cc(-c7ccc8c(c7)c7ccccc7n8-c7cnc8ccccc8n7)ccc5n6-c5ccc6c(c5)C(C)(C)c5ccccc5-6)ccc43)cc21. The zero-order valence-electron chi connectivity index (χ0n) is 44.3. The minimum atomic E-state index is -0.131. The minimum Gasteiger partial charge on any atom is -0.309 e. The summed E-state index contributed by atoms with van der Waals surface area (Å²) in [5.41, 5.74) is 26.4. The van der Waals surface area contributed by atoms with Crippen LogP contribution in [0.1, 0.15) is 49.9 Å². The van der Waals surface area contributed by atoms with Crippen molar-refractivity contribution in [3.63, 3.8) is 0 Å². The molecule has 0 fully saturated rings. The molecule has 79 heavy (non-hydrogen) atoms. The van der Waals surface area contributed by atoms with Crippen LogP contribution in [0.25, 0.3) is 138 Å². The third kappa shape index (κ3) is 6.16. The smallest absolute Gasteiger partial charge is 0.156 e. The molecule has 0 amide bonds. The summed E-state index contributed by atoms with van der Waals surface area (Å²) in [5, 5.41) is 7.28. The Morgan fingerprint density at radius 1 is 0.291 bits per heavy atom. The van der Waals surface area contributed by atoms with Gasteiger partial charge in [-0.15, -0.1) is 0 Å². The molecule has 0 N–H and O–H groups in total. The molecule has 0 atom stereocenters. The Labute approximate surface area is 456 Å². The Morgan fingerprint density at radius 3 is 1.15 bits per heavy atom. The van der Waals surface area contributed by atoms with Gasteiger partial charge in [-0.3, -0.25) is 9.55 Å². The largest absolute Gasteiger partial charge is 0.309 e. The Hall–Kier alpha value is -9.84. The molecule has 0 radical (unpaired) electrons. The quantitative estimate of drug-likeness (QED) is 0.172. The molecular formula is C74H51N5. The van der Waals surface area contributed by atoms with E-state index in [1.54, 1.807) is 0 Å². The lowest BCUT2D eigenvalue weighted by Crippen LogP contribution is -2.15. The highest BCUT2D eigenvalue weighted by atomic mass is 15.1. The topological polar surface area (TPSA) is 40.6 Å². The first kappa shape index (κ1) is 44.3. The molecule has 0 saturated carbocycles. The molecule has 5 heteroatoms. The van der Waals surface area contributed by atoms with Crippen LogP contribution in [-0.4, -0.2) is 23.7 Å². The first-order valence-corrected chi connectivity index (χ1v) is 27.5. The van der Waals surface area contributed by atoms with Crippen molar-refractivity contribution in [1.29, 1.82) is 0 Å². The van der Waals surface area contributed by atoms with Crippen LogP contribution in [0.5, 0.6) is 0 Å². The number of aromatic nitrogens is 5. The number of para-hydroxylation sites is 4. The second kappa shape index (κ2) is 15.9. The van der Waals surface area contributed by atoms with E-state index >= 15 is 0 Å². The van der Waals surface area contributed by atoms with Crippen LogP contribution in [0.3, 0.4) is 0 Å². The van der Waals surface area contributed by atoms with Gasteiger partial charge in [0.1, 0.15) is 0 Å². The van der Waals surface area contributed by atoms with Crippen molar-refractivity contribution in [1.82, 2.24) is 23.7 Å². The maximum absolute atomic E-state index is 5.11. The average Bonchev–Trinajstić information content (AvgIpc) is 4.41. The van der Waals surface area contributed by atoms with Crippen molar-refractivity contribution in [3.8, 4) is 61.7 Å². The second-order valence-electron chi connectivity index (χ2n) is 23.0. The second-order valence-corrected chi connectivity index (χ2v) is 23.0. The van der Waals surface area contributed by atoms with Crippen LogP contribution in [0.2, 0.25) is 0 Å². The van der Waals surface area contributed by atoms with Crippen molar-refractivity contribution in [2.24, 2.45) is 0 Å². The van der Waals surface area contributed by atoms with E-state index in [2.05, 4.69) is 248 Å². The van der Waals surface area contributed by atoms with E-state index in [4.69, 9.17) is 9.97 Å². The molecule has 0 spiro atoms. The summed E-state index contributed by atoms with van der Waals surface area (Å²) in [5.74, 6) is 0.807. The monoisotopic (exact) mass is 1010 g/mol. The van der Waals surface area contributed by atoms with Crippen LogP contribution in [0, 0.1) is 0 Å². The summed E-state index contributed by atoms with van der Waals surface area (Å²) in [7, 11) is 0. The van der Waals surface area contributed by atoms with Gasteiger partial charge < -0.3 is 9.13 Å². The van der Waals surface area contributed by atoms with Crippen LogP contribution in [0.4, 0.5) is 0 Å².